The molecule has 3 aromatic rings. The highest BCUT2D eigenvalue weighted by Crippen LogP contribution is 2.44. The van der Waals surface area contributed by atoms with Crippen molar-refractivity contribution in [2.45, 2.75) is 24.4 Å². The predicted octanol–water partition coefficient (Wildman–Crippen LogP) is 2.01. The molecule has 3 heterocycles. The molecule has 1 atom stereocenters. The van der Waals surface area contributed by atoms with Crippen LogP contribution in [0.1, 0.15) is 29.0 Å². The van der Waals surface area contributed by atoms with Gasteiger partial charge < -0.3 is 11.1 Å². The minimum Gasteiger partial charge on any atom is -0.364 e. The zero-order valence-electron chi connectivity index (χ0n) is 15.5. The van der Waals surface area contributed by atoms with Crippen molar-refractivity contribution in [2.24, 2.45) is 5.73 Å². The number of nitrogens with zero attached hydrogens (tertiary/aromatic N) is 4. The number of carbonyl (C=O) groups is 1. The Morgan fingerprint density at radius 1 is 1.17 bits per heavy atom. The van der Waals surface area contributed by atoms with Crippen LogP contribution in [0.3, 0.4) is 0 Å². The number of aromatic nitrogens is 4. The molecule has 0 aromatic carbocycles. The summed E-state index contributed by atoms with van der Waals surface area (Å²) in [6.07, 6.45) is 6.58. The molecule has 0 radical (unpaired) electrons. The number of rotatable bonds is 6. The number of amides is 1. The van der Waals surface area contributed by atoms with Gasteiger partial charge in [-0.3, -0.25) is 14.8 Å². The van der Waals surface area contributed by atoms with Gasteiger partial charge in [0.05, 0.1) is 5.69 Å². The summed E-state index contributed by atoms with van der Waals surface area (Å²) in [4.78, 5) is 28.4. The summed E-state index contributed by atoms with van der Waals surface area (Å²) in [5.41, 5.74) is 7.45. The first-order chi connectivity index (χ1) is 14.0. The Morgan fingerprint density at radius 3 is 2.59 bits per heavy atom. The third-order valence-electron chi connectivity index (χ3n) is 5.15. The van der Waals surface area contributed by atoms with Gasteiger partial charge >= 0.3 is 0 Å². The lowest BCUT2D eigenvalue weighted by Crippen LogP contribution is -2.50. The highest BCUT2D eigenvalue weighted by atomic mass is 31.0. The summed E-state index contributed by atoms with van der Waals surface area (Å²) < 4.78 is 13.8. The fourth-order valence-electron chi connectivity index (χ4n) is 3.63. The number of nitrogens with two attached hydrogens (primary N) is 1. The molecule has 3 N–H and O–H groups in total. The predicted molar refractivity (Wildman–Crippen MR) is 112 cm³/mol. The maximum atomic E-state index is 13.8. The number of halogens is 1. The lowest BCUT2D eigenvalue weighted by atomic mass is 9.65. The van der Waals surface area contributed by atoms with E-state index in [1.165, 1.54) is 6.20 Å². The summed E-state index contributed by atoms with van der Waals surface area (Å²) in [5.74, 6) is -0.146. The monoisotopic (exact) mass is 410 g/mol. The minimum absolute atomic E-state index is 0.181. The van der Waals surface area contributed by atoms with Crippen LogP contribution in [-0.4, -0.2) is 38.6 Å². The van der Waals surface area contributed by atoms with Crippen molar-refractivity contribution in [3.63, 3.8) is 0 Å². The zero-order chi connectivity index (χ0) is 20.4. The van der Waals surface area contributed by atoms with Crippen molar-refractivity contribution in [3.05, 3.63) is 60.4 Å². The third-order valence-corrected chi connectivity index (χ3v) is 5.61. The number of carbonyl (C=O) groups excluding carboxylic acids is 1. The molecule has 0 bridgehead atoms. The summed E-state index contributed by atoms with van der Waals surface area (Å²) in [6, 6.07) is 7.18. The second kappa shape index (κ2) is 7.79. The zero-order valence-corrected chi connectivity index (χ0v) is 16.7. The Labute approximate surface area is 169 Å². The van der Waals surface area contributed by atoms with Gasteiger partial charge in [0.2, 0.25) is 5.95 Å². The summed E-state index contributed by atoms with van der Waals surface area (Å²) >= 11 is 0. The number of hydrogen-bond acceptors (Lipinski definition) is 6. The van der Waals surface area contributed by atoms with E-state index in [0.717, 1.165) is 22.1 Å². The SMILES string of the molecule is NC(=O)c1cc(-c2cnc(NCC3(c4ncccc4P)CC(F)C3)nc2)ccn1. The smallest absolute Gasteiger partial charge is 0.267 e. The fraction of sp³-hybridized carbons (Fsp3) is 0.250. The second-order valence-electron chi connectivity index (χ2n) is 7.17. The van der Waals surface area contributed by atoms with Crippen LogP contribution in [0.15, 0.2) is 49.1 Å². The maximum Gasteiger partial charge on any atom is 0.267 e. The van der Waals surface area contributed by atoms with E-state index in [-0.39, 0.29) is 11.1 Å². The van der Waals surface area contributed by atoms with Gasteiger partial charge in [-0.05, 0) is 41.9 Å². The first kappa shape index (κ1) is 19.3. The van der Waals surface area contributed by atoms with Gasteiger partial charge in [-0.1, -0.05) is 6.07 Å². The highest BCUT2D eigenvalue weighted by Gasteiger charge is 2.47. The number of alkyl halides is 1. The van der Waals surface area contributed by atoms with E-state index in [4.69, 9.17) is 5.73 Å². The van der Waals surface area contributed by atoms with E-state index in [2.05, 4.69) is 34.5 Å². The van der Waals surface area contributed by atoms with E-state index >= 15 is 0 Å². The van der Waals surface area contributed by atoms with Gasteiger partial charge in [0.15, 0.2) is 0 Å². The average molecular weight is 410 g/mol. The van der Waals surface area contributed by atoms with Gasteiger partial charge in [0, 0.05) is 42.3 Å². The lowest BCUT2D eigenvalue weighted by Gasteiger charge is -2.44. The molecule has 9 heteroatoms. The highest BCUT2D eigenvalue weighted by molar-refractivity contribution is 7.27. The standard InChI is InChI=1S/C20H20FN6OP/c21-14-7-20(8-14,17-16(29)2-1-4-24-17)11-27-19-25-9-13(10-26-19)12-3-5-23-15(6-12)18(22)28/h1-6,9-10,14H,7-8,11,29H2,(H2,22,28)(H,25,26,27). The topological polar surface area (TPSA) is 107 Å². The Bertz CT molecular complexity index is 1040. The van der Waals surface area contributed by atoms with Gasteiger partial charge in [-0.25, -0.2) is 14.4 Å². The quantitative estimate of drug-likeness (QED) is 0.602. The molecule has 1 saturated carbocycles. The Kier molecular flexibility index (Phi) is 5.20. The van der Waals surface area contributed by atoms with E-state index < -0.39 is 12.1 Å². The molecule has 1 unspecified atom stereocenters. The summed E-state index contributed by atoms with van der Waals surface area (Å²) in [6.45, 7) is 0.492. The number of pyridine rings is 2. The number of anilines is 1. The molecule has 4 rings (SSSR count). The van der Waals surface area contributed by atoms with Gasteiger partial charge in [0.25, 0.3) is 5.91 Å². The molecule has 1 aliphatic carbocycles. The largest absolute Gasteiger partial charge is 0.364 e. The minimum atomic E-state index is -0.822. The summed E-state index contributed by atoms with van der Waals surface area (Å²) in [5, 5.41) is 4.19. The van der Waals surface area contributed by atoms with E-state index in [1.54, 1.807) is 30.7 Å². The summed E-state index contributed by atoms with van der Waals surface area (Å²) in [7, 11) is 2.67. The van der Waals surface area contributed by atoms with E-state index in [1.807, 2.05) is 12.1 Å². The van der Waals surface area contributed by atoms with Crippen molar-refractivity contribution in [3.8, 4) is 11.1 Å². The van der Waals surface area contributed by atoms with Crippen molar-refractivity contribution in [1.29, 1.82) is 0 Å². The van der Waals surface area contributed by atoms with Crippen LogP contribution in [0.25, 0.3) is 11.1 Å². The molecular formula is C20H20FN6OP. The molecule has 1 amide bonds. The van der Waals surface area contributed by atoms with Gasteiger partial charge in [-0.15, -0.1) is 9.24 Å². The van der Waals surface area contributed by atoms with Crippen LogP contribution in [-0.2, 0) is 5.41 Å². The van der Waals surface area contributed by atoms with Crippen LogP contribution >= 0.6 is 9.24 Å². The molecule has 7 nitrogen and oxygen atoms in total. The fourth-order valence-corrected chi connectivity index (χ4v) is 4.12. The normalized spacial score (nSPS) is 20.7. The van der Waals surface area contributed by atoms with Crippen molar-refractivity contribution in [2.75, 3.05) is 11.9 Å². The Balaban J connectivity index is 1.50. The van der Waals surface area contributed by atoms with Crippen molar-refractivity contribution < 1.29 is 9.18 Å². The van der Waals surface area contributed by atoms with Crippen LogP contribution in [0.4, 0.5) is 10.3 Å². The number of primary amides is 1. The number of hydrogen-bond donors (Lipinski definition) is 2. The van der Waals surface area contributed by atoms with Gasteiger partial charge in [-0.2, -0.15) is 0 Å². The molecule has 1 aliphatic rings. The van der Waals surface area contributed by atoms with E-state index in [9.17, 15) is 9.18 Å². The van der Waals surface area contributed by atoms with Crippen LogP contribution < -0.4 is 16.4 Å². The van der Waals surface area contributed by atoms with Crippen molar-refractivity contribution in [1.82, 2.24) is 19.9 Å². The first-order valence-electron chi connectivity index (χ1n) is 9.14. The molecule has 29 heavy (non-hydrogen) atoms. The third kappa shape index (κ3) is 3.93. The molecule has 0 aliphatic heterocycles. The molecular weight excluding hydrogens is 390 g/mol. The maximum absolute atomic E-state index is 13.8. The second-order valence-corrected chi connectivity index (χ2v) is 7.79. The molecule has 1 fully saturated rings. The Morgan fingerprint density at radius 2 is 1.93 bits per heavy atom. The molecule has 0 saturated heterocycles. The lowest BCUT2D eigenvalue weighted by molar-refractivity contribution is 0.0993. The van der Waals surface area contributed by atoms with Gasteiger partial charge in [0.1, 0.15) is 11.9 Å². The molecule has 3 aromatic heterocycles. The van der Waals surface area contributed by atoms with Crippen LogP contribution in [0.2, 0.25) is 0 Å². The molecule has 0 spiro atoms. The molecule has 148 valence electrons. The number of nitrogens with one attached hydrogen (secondary N) is 1. The van der Waals surface area contributed by atoms with Crippen molar-refractivity contribution >= 4 is 26.4 Å². The van der Waals surface area contributed by atoms with E-state index in [0.29, 0.717) is 25.3 Å². The Hall–Kier alpha value is -2.99. The van der Waals surface area contributed by atoms with Crippen LogP contribution in [0, 0.1) is 0 Å². The first-order valence-corrected chi connectivity index (χ1v) is 9.72. The average Bonchev–Trinajstić information content (AvgIpc) is 2.71. The van der Waals surface area contributed by atoms with Crippen LogP contribution in [0.5, 0.6) is 0 Å².